The van der Waals surface area contributed by atoms with Crippen molar-refractivity contribution < 1.29 is 0 Å². The number of hydrogen-bond donors (Lipinski definition) is 4. The van der Waals surface area contributed by atoms with Gasteiger partial charge in [-0.3, -0.25) is 14.8 Å². The van der Waals surface area contributed by atoms with Crippen LogP contribution >= 0.6 is 23.8 Å². The van der Waals surface area contributed by atoms with E-state index < -0.39 is 11.2 Å². The minimum absolute atomic E-state index is 0.0164. The molecule has 0 unspecified atom stereocenters. The lowest BCUT2D eigenvalue weighted by molar-refractivity contribution is 1.06. The molecule has 0 aliphatic carbocycles. The topological polar surface area (TPSA) is 126 Å². The smallest absolute Gasteiger partial charge is 0.327 e. The van der Waals surface area contributed by atoms with E-state index in [1.807, 2.05) is 30.3 Å². The number of fused-ring (bicyclic) bond motifs is 1. The molecule has 0 bridgehead atoms. The summed E-state index contributed by atoms with van der Waals surface area (Å²) < 4.78 is 0. The van der Waals surface area contributed by atoms with Gasteiger partial charge in [0.05, 0.1) is 5.39 Å². The van der Waals surface area contributed by atoms with E-state index in [2.05, 4.69) is 31.7 Å². The molecule has 4 N–H and O–H groups in total. The SMILES string of the molecule is N#Cc1c(NC(=S)Nc2ccccc2)nc2[nH]c(=O)[nH]c(=O)c2c1-c1ccc(Cl)cc1. The number of anilines is 2. The monoisotopic (exact) mass is 448 g/mol. The Morgan fingerprint density at radius 2 is 1.74 bits per heavy atom. The highest BCUT2D eigenvalue weighted by Gasteiger charge is 2.20. The Labute approximate surface area is 185 Å². The van der Waals surface area contributed by atoms with Crippen LogP contribution in [0.25, 0.3) is 22.2 Å². The van der Waals surface area contributed by atoms with E-state index in [0.717, 1.165) is 5.69 Å². The molecular formula is C21H13ClN6O2S. The molecule has 0 saturated heterocycles. The second-order valence-corrected chi connectivity index (χ2v) is 7.25. The van der Waals surface area contributed by atoms with Crippen molar-refractivity contribution in [1.29, 1.82) is 5.26 Å². The lowest BCUT2D eigenvalue weighted by atomic mass is 9.98. The van der Waals surface area contributed by atoms with Crippen molar-refractivity contribution in [3.63, 3.8) is 0 Å². The van der Waals surface area contributed by atoms with E-state index in [-0.39, 0.29) is 27.5 Å². The first-order chi connectivity index (χ1) is 15.0. The second kappa shape index (κ2) is 8.39. The quantitative estimate of drug-likeness (QED) is 0.352. The van der Waals surface area contributed by atoms with Crippen LogP contribution in [0.3, 0.4) is 0 Å². The number of nitrogens with zero attached hydrogens (tertiary/aromatic N) is 2. The van der Waals surface area contributed by atoms with Crippen LogP contribution in [-0.2, 0) is 0 Å². The van der Waals surface area contributed by atoms with Gasteiger partial charge in [-0.05, 0) is 42.0 Å². The largest absolute Gasteiger partial charge is 0.332 e. The van der Waals surface area contributed by atoms with Crippen LogP contribution in [0.4, 0.5) is 11.5 Å². The van der Waals surface area contributed by atoms with Crippen molar-refractivity contribution in [1.82, 2.24) is 15.0 Å². The summed E-state index contributed by atoms with van der Waals surface area (Å²) in [5.74, 6) is 0.0923. The number of halogens is 1. The highest BCUT2D eigenvalue weighted by molar-refractivity contribution is 7.80. The maximum absolute atomic E-state index is 12.6. The number of aromatic amines is 2. The van der Waals surface area contributed by atoms with Gasteiger partial charge in [-0.25, -0.2) is 9.78 Å². The average molecular weight is 449 g/mol. The van der Waals surface area contributed by atoms with Gasteiger partial charge < -0.3 is 10.6 Å². The number of aromatic nitrogens is 3. The van der Waals surface area contributed by atoms with Crippen molar-refractivity contribution in [3.05, 3.63) is 86.0 Å². The van der Waals surface area contributed by atoms with Crippen LogP contribution in [0.5, 0.6) is 0 Å². The highest BCUT2D eigenvalue weighted by atomic mass is 35.5. The highest BCUT2D eigenvalue weighted by Crippen LogP contribution is 2.33. The third-order valence-corrected chi connectivity index (χ3v) is 4.85. The van der Waals surface area contributed by atoms with Gasteiger partial charge in [0.2, 0.25) is 0 Å². The molecule has 0 fully saturated rings. The number of nitrogens with one attached hydrogen (secondary N) is 4. The van der Waals surface area contributed by atoms with Crippen molar-refractivity contribution in [2.45, 2.75) is 0 Å². The second-order valence-electron chi connectivity index (χ2n) is 6.41. The van der Waals surface area contributed by atoms with E-state index in [1.165, 1.54) is 0 Å². The molecule has 31 heavy (non-hydrogen) atoms. The molecule has 0 atom stereocenters. The van der Waals surface area contributed by atoms with Crippen LogP contribution in [0.2, 0.25) is 5.02 Å². The van der Waals surface area contributed by atoms with E-state index in [0.29, 0.717) is 16.1 Å². The summed E-state index contributed by atoms with van der Waals surface area (Å²) >= 11 is 11.3. The number of hydrogen-bond acceptors (Lipinski definition) is 5. The Morgan fingerprint density at radius 3 is 2.42 bits per heavy atom. The molecule has 10 heteroatoms. The van der Waals surface area contributed by atoms with Crippen LogP contribution in [-0.4, -0.2) is 20.1 Å². The summed E-state index contributed by atoms with van der Waals surface area (Å²) in [5, 5.41) is 16.6. The van der Waals surface area contributed by atoms with Crippen molar-refractivity contribution in [2.24, 2.45) is 0 Å². The fraction of sp³-hybridized carbons (Fsp3) is 0. The lowest BCUT2D eigenvalue weighted by Gasteiger charge is -2.15. The summed E-state index contributed by atoms with van der Waals surface area (Å²) in [7, 11) is 0. The maximum Gasteiger partial charge on any atom is 0.327 e. The van der Waals surface area contributed by atoms with Crippen LogP contribution in [0.1, 0.15) is 5.56 Å². The third-order valence-electron chi connectivity index (χ3n) is 4.39. The molecule has 4 rings (SSSR count). The van der Waals surface area contributed by atoms with E-state index in [4.69, 9.17) is 23.8 Å². The Balaban J connectivity index is 1.91. The first-order valence-electron chi connectivity index (χ1n) is 8.95. The molecule has 8 nitrogen and oxygen atoms in total. The number of benzene rings is 2. The number of thiocarbonyl (C=S) groups is 1. The Kier molecular flexibility index (Phi) is 5.49. The van der Waals surface area contributed by atoms with Gasteiger partial charge in [-0.15, -0.1) is 0 Å². The Bertz CT molecular complexity index is 1460. The van der Waals surface area contributed by atoms with Crippen LogP contribution in [0, 0.1) is 11.3 Å². The maximum atomic E-state index is 12.6. The molecule has 0 amide bonds. The predicted octanol–water partition coefficient (Wildman–Crippen LogP) is 3.61. The van der Waals surface area contributed by atoms with Gasteiger partial charge >= 0.3 is 5.69 Å². The molecule has 0 aliphatic heterocycles. The molecule has 0 radical (unpaired) electrons. The average Bonchev–Trinajstić information content (AvgIpc) is 2.74. The van der Waals surface area contributed by atoms with Crippen LogP contribution in [0.15, 0.2) is 64.2 Å². The molecular weight excluding hydrogens is 436 g/mol. The molecule has 2 aromatic carbocycles. The zero-order valence-electron chi connectivity index (χ0n) is 15.7. The van der Waals surface area contributed by atoms with Crippen molar-refractivity contribution >= 4 is 51.5 Å². The number of pyridine rings is 1. The fourth-order valence-electron chi connectivity index (χ4n) is 3.10. The van der Waals surface area contributed by atoms with Gasteiger partial charge in [0.15, 0.2) is 10.9 Å². The Hall–Kier alpha value is -4.00. The molecule has 2 aromatic heterocycles. The summed E-state index contributed by atoms with van der Waals surface area (Å²) in [6.45, 7) is 0. The van der Waals surface area contributed by atoms with Gasteiger partial charge in [-0.1, -0.05) is 41.9 Å². The summed E-state index contributed by atoms with van der Waals surface area (Å²) in [5.41, 5.74) is 0.314. The lowest BCUT2D eigenvalue weighted by Crippen LogP contribution is -2.25. The zero-order valence-corrected chi connectivity index (χ0v) is 17.3. The summed E-state index contributed by atoms with van der Waals surface area (Å²) in [4.78, 5) is 33.4. The Morgan fingerprint density at radius 1 is 1.03 bits per heavy atom. The molecule has 152 valence electrons. The van der Waals surface area contributed by atoms with E-state index in [9.17, 15) is 14.9 Å². The number of para-hydroxylation sites is 1. The van der Waals surface area contributed by atoms with Gasteiger partial charge in [0.1, 0.15) is 17.3 Å². The predicted molar refractivity (Wildman–Crippen MR) is 124 cm³/mol. The van der Waals surface area contributed by atoms with Crippen molar-refractivity contribution in [2.75, 3.05) is 10.6 Å². The molecule has 0 aliphatic rings. The van der Waals surface area contributed by atoms with Gasteiger partial charge in [-0.2, -0.15) is 5.26 Å². The van der Waals surface area contributed by atoms with Crippen molar-refractivity contribution in [3.8, 4) is 17.2 Å². The standard InChI is InChI=1S/C21H13ClN6O2S/c22-12-8-6-11(7-9-12)15-14(10-23)17(25-18-16(15)19(29)28-20(30)26-18)27-21(31)24-13-4-2-1-3-5-13/h1-9H,(H4,24,25,26,27,28,29,30,31). The molecule has 4 aromatic rings. The minimum atomic E-state index is -0.715. The number of H-pyrrole nitrogens is 2. The fourth-order valence-corrected chi connectivity index (χ4v) is 3.44. The van der Waals surface area contributed by atoms with E-state index in [1.54, 1.807) is 24.3 Å². The van der Waals surface area contributed by atoms with Crippen LogP contribution < -0.4 is 21.9 Å². The molecule has 0 saturated carbocycles. The molecule has 0 spiro atoms. The first kappa shape index (κ1) is 20.3. The van der Waals surface area contributed by atoms with Gasteiger partial charge in [0.25, 0.3) is 5.56 Å². The van der Waals surface area contributed by atoms with Gasteiger partial charge in [0, 0.05) is 16.3 Å². The normalized spacial score (nSPS) is 10.5. The number of rotatable bonds is 3. The number of nitriles is 1. The summed E-state index contributed by atoms with van der Waals surface area (Å²) in [6.07, 6.45) is 0. The minimum Gasteiger partial charge on any atom is -0.332 e. The van der Waals surface area contributed by atoms with E-state index >= 15 is 0 Å². The first-order valence-corrected chi connectivity index (χ1v) is 9.74. The zero-order chi connectivity index (χ0) is 22.0. The summed E-state index contributed by atoms with van der Waals surface area (Å²) in [6, 6.07) is 17.9. The third kappa shape index (κ3) is 4.16. The molecule has 2 heterocycles.